The Bertz CT molecular complexity index is 562. The average molecular weight is 314 g/mol. The molecule has 2 aromatic rings. The van der Waals surface area contributed by atoms with Crippen molar-refractivity contribution in [1.82, 2.24) is 0 Å². The molecule has 5 heteroatoms. The van der Waals surface area contributed by atoms with Gasteiger partial charge in [-0.25, -0.2) is 0 Å². The zero-order chi connectivity index (χ0) is 15.3. The van der Waals surface area contributed by atoms with Gasteiger partial charge in [0, 0.05) is 0 Å². The normalized spacial score (nSPS) is 16.5. The van der Waals surface area contributed by atoms with Crippen LogP contribution in [0.4, 0.5) is 0 Å². The first-order valence-electron chi connectivity index (χ1n) is 6.57. The van der Waals surface area contributed by atoms with Gasteiger partial charge < -0.3 is 13.7 Å². The fourth-order valence-corrected chi connectivity index (χ4v) is 7.35. The molecule has 0 saturated carbocycles. The molecule has 0 bridgehead atoms. The average Bonchev–Trinajstić information content (AvgIpc) is 2.56. The fourth-order valence-electron chi connectivity index (χ4n) is 2.03. The minimum atomic E-state index is -3.43. The van der Waals surface area contributed by atoms with Crippen LogP contribution in [-0.2, 0) is 4.12 Å². The lowest BCUT2D eigenvalue weighted by atomic mass is 10.4. The Labute approximate surface area is 127 Å². The molecule has 0 aromatic heterocycles. The summed E-state index contributed by atoms with van der Waals surface area (Å²) in [6, 6.07) is 18.1. The number of hydrogen-bond donors (Lipinski definition) is 2. The van der Waals surface area contributed by atoms with Gasteiger partial charge in [0.05, 0.1) is 0 Å². The molecule has 2 atom stereocenters. The molecular weight excluding hydrogens is 296 g/mol. The molecular formula is C16H18O3Si2. The van der Waals surface area contributed by atoms with Gasteiger partial charge in [-0.3, -0.25) is 0 Å². The molecule has 0 heterocycles. The maximum Gasteiger partial charge on any atom is 0.387 e. The first kappa shape index (κ1) is 15.6. The predicted molar refractivity (Wildman–Crippen MR) is 89.6 cm³/mol. The maximum absolute atomic E-state index is 10.8. The quantitative estimate of drug-likeness (QED) is 0.786. The van der Waals surface area contributed by atoms with E-state index in [9.17, 15) is 9.59 Å². The summed E-state index contributed by atoms with van der Waals surface area (Å²) in [7, 11) is -6.87. The van der Waals surface area contributed by atoms with Crippen LogP contribution < -0.4 is 10.4 Å². The van der Waals surface area contributed by atoms with E-state index >= 15 is 0 Å². The summed E-state index contributed by atoms with van der Waals surface area (Å²) in [6.07, 6.45) is 0. The van der Waals surface area contributed by atoms with Crippen molar-refractivity contribution in [3.63, 3.8) is 0 Å². The van der Waals surface area contributed by atoms with Gasteiger partial charge in [-0.15, -0.1) is 13.2 Å². The van der Waals surface area contributed by atoms with Crippen molar-refractivity contribution >= 4 is 27.5 Å². The van der Waals surface area contributed by atoms with Gasteiger partial charge in [0.2, 0.25) is 0 Å². The van der Waals surface area contributed by atoms with E-state index in [0.717, 1.165) is 0 Å². The Morgan fingerprint density at radius 1 is 0.714 bits per heavy atom. The monoisotopic (exact) mass is 314 g/mol. The van der Waals surface area contributed by atoms with Crippen LogP contribution in [0.25, 0.3) is 0 Å². The van der Waals surface area contributed by atoms with Crippen LogP contribution in [0.3, 0.4) is 0 Å². The summed E-state index contributed by atoms with van der Waals surface area (Å²) in [6.45, 7) is 7.37. The van der Waals surface area contributed by atoms with Crippen molar-refractivity contribution in [2.45, 2.75) is 0 Å². The molecule has 21 heavy (non-hydrogen) atoms. The van der Waals surface area contributed by atoms with Crippen molar-refractivity contribution in [2.24, 2.45) is 0 Å². The van der Waals surface area contributed by atoms with Crippen molar-refractivity contribution in [3.05, 3.63) is 85.2 Å². The van der Waals surface area contributed by atoms with Crippen molar-refractivity contribution < 1.29 is 13.7 Å². The van der Waals surface area contributed by atoms with Gasteiger partial charge in [-0.1, -0.05) is 60.7 Å². The van der Waals surface area contributed by atoms with Crippen LogP contribution in [-0.4, -0.2) is 26.7 Å². The Hall–Kier alpha value is -1.77. The lowest BCUT2D eigenvalue weighted by molar-refractivity contribution is 0.344. The molecule has 2 rings (SSSR count). The molecule has 0 fully saturated rings. The van der Waals surface area contributed by atoms with Gasteiger partial charge in [0.15, 0.2) is 0 Å². The fraction of sp³-hybridized carbons (Fsp3) is 0. The van der Waals surface area contributed by atoms with E-state index in [1.807, 2.05) is 36.4 Å². The van der Waals surface area contributed by atoms with E-state index in [1.165, 1.54) is 11.4 Å². The van der Waals surface area contributed by atoms with Gasteiger partial charge in [-0.05, 0) is 21.8 Å². The van der Waals surface area contributed by atoms with E-state index < -0.39 is 17.1 Å². The van der Waals surface area contributed by atoms with E-state index in [2.05, 4.69) is 13.2 Å². The van der Waals surface area contributed by atoms with Crippen LogP contribution in [0.2, 0.25) is 0 Å². The molecule has 2 aromatic carbocycles. The van der Waals surface area contributed by atoms with Gasteiger partial charge in [0.25, 0.3) is 0 Å². The minimum Gasteiger partial charge on any atom is -0.405 e. The Kier molecular flexibility index (Phi) is 4.71. The standard InChI is InChI=1S/C16H18O3Si2/c1-3-20(17,15-11-7-5-8-12-15)19-21(18,4-2)16-13-9-6-10-14-16/h3-14,17-18H,1-2H2. The molecule has 0 radical (unpaired) electrons. The van der Waals surface area contributed by atoms with Crippen LogP contribution in [0.5, 0.6) is 0 Å². The zero-order valence-electron chi connectivity index (χ0n) is 11.6. The minimum absolute atomic E-state index is 0.642. The van der Waals surface area contributed by atoms with Gasteiger partial charge in [0.1, 0.15) is 0 Å². The smallest absolute Gasteiger partial charge is 0.387 e. The number of rotatable bonds is 6. The summed E-state index contributed by atoms with van der Waals surface area (Å²) in [5.41, 5.74) is 2.82. The third-order valence-corrected chi connectivity index (χ3v) is 9.16. The van der Waals surface area contributed by atoms with Crippen molar-refractivity contribution in [1.29, 1.82) is 0 Å². The van der Waals surface area contributed by atoms with Crippen LogP contribution in [0.1, 0.15) is 0 Å². The molecule has 0 aliphatic heterocycles. The van der Waals surface area contributed by atoms with Crippen LogP contribution in [0.15, 0.2) is 85.2 Å². The molecule has 108 valence electrons. The van der Waals surface area contributed by atoms with E-state index in [1.54, 1.807) is 24.3 Å². The predicted octanol–water partition coefficient (Wildman–Crippen LogP) is 1.14. The molecule has 0 aliphatic rings. The highest BCUT2D eigenvalue weighted by Crippen LogP contribution is 2.13. The summed E-state index contributed by atoms with van der Waals surface area (Å²) in [4.78, 5) is 21.7. The summed E-state index contributed by atoms with van der Waals surface area (Å²) in [5.74, 6) is 0. The SMILES string of the molecule is C=C[Si](O)(O[Si](O)(C=C)c1ccccc1)c1ccccc1. The largest absolute Gasteiger partial charge is 0.405 e. The zero-order valence-corrected chi connectivity index (χ0v) is 13.6. The van der Waals surface area contributed by atoms with Crippen LogP contribution >= 0.6 is 0 Å². The highest BCUT2D eigenvalue weighted by Gasteiger charge is 2.44. The molecule has 0 aliphatic carbocycles. The molecule has 0 spiro atoms. The first-order chi connectivity index (χ1) is 10.0. The first-order valence-corrected chi connectivity index (χ1v) is 10.4. The Morgan fingerprint density at radius 2 is 1.05 bits per heavy atom. The molecule has 2 unspecified atom stereocenters. The topological polar surface area (TPSA) is 49.7 Å². The van der Waals surface area contributed by atoms with Gasteiger partial charge in [-0.2, -0.15) is 0 Å². The summed E-state index contributed by atoms with van der Waals surface area (Å²) in [5, 5.41) is 1.28. The number of hydrogen-bond acceptors (Lipinski definition) is 3. The van der Waals surface area contributed by atoms with Crippen LogP contribution in [0, 0.1) is 0 Å². The third kappa shape index (κ3) is 3.29. The molecule has 0 amide bonds. The molecule has 2 N–H and O–H groups in total. The maximum atomic E-state index is 10.8. The summed E-state index contributed by atoms with van der Waals surface area (Å²) >= 11 is 0. The van der Waals surface area contributed by atoms with Gasteiger partial charge >= 0.3 is 17.1 Å². The molecule has 3 nitrogen and oxygen atoms in total. The number of benzene rings is 2. The second kappa shape index (κ2) is 6.34. The highest BCUT2D eigenvalue weighted by atomic mass is 28.5. The highest BCUT2D eigenvalue weighted by molar-refractivity contribution is 6.96. The van der Waals surface area contributed by atoms with E-state index in [4.69, 9.17) is 4.12 Å². The third-order valence-electron chi connectivity index (χ3n) is 3.24. The lowest BCUT2D eigenvalue weighted by Gasteiger charge is -2.31. The van der Waals surface area contributed by atoms with E-state index in [-0.39, 0.29) is 0 Å². The summed E-state index contributed by atoms with van der Waals surface area (Å²) < 4.78 is 5.85. The Balaban J connectivity index is 2.40. The van der Waals surface area contributed by atoms with Crippen molar-refractivity contribution in [2.75, 3.05) is 0 Å². The lowest BCUT2D eigenvalue weighted by Crippen LogP contribution is -2.62. The van der Waals surface area contributed by atoms with E-state index in [0.29, 0.717) is 10.4 Å². The molecule has 0 saturated heterocycles. The Morgan fingerprint density at radius 3 is 1.33 bits per heavy atom. The second-order valence-electron chi connectivity index (χ2n) is 4.64. The second-order valence-corrected chi connectivity index (χ2v) is 10.2. The van der Waals surface area contributed by atoms with Crippen molar-refractivity contribution in [3.8, 4) is 0 Å².